The van der Waals surface area contributed by atoms with Gasteiger partial charge in [-0.1, -0.05) is 19.6 Å². The molecule has 0 saturated heterocycles. The Labute approximate surface area is 114 Å². The molecule has 2 N–H and O–H groups in total. The van der Waals surface area contributed by atoms with Crippen molar-refractivity contribution in [3.05, 3.63) is 34.4 Å². The molecule has 1 atom stereocenters. The van der Waals surface area contributed by atoms with Crippen LogP contribution < -0.4 is 5.56 Å². The average Bonchev–Trinajstić information content (AvgIpc) is 2.77. The number of pyridine rings is 1. The normalized spacial score (nSPS) is 13.9. The molecule has 104 valence electrons. The van der Waals surface area contributed by atoms with Crippen LogP contribution in [0.15, 0.2) is 23.3 Å². The van der Waals surface area contributed by atoms with Gasteiger partial charge in [0.25, 0.3) is 5.56 Å². The first-order valence-electron chi connectivity index (χ1n) is 6.69. The summed E-state index contributed by atoms with van der Waals surface area (Å²) in [5.74, 6) is 0. The van der Waals surface area contributed by atoms with Gasteiger partial charge < -0.3 is 14.7 Å². The zero-order valence-electron chi connectivity index (χ0n) is 12.0. The quantitative estimate of drug-likeness (QED) is 0.825. The van der Waals surface area contributed by atoms with Crippen LogP contribution in [0.25, 0.3) is 10.9 Å². The van der Waals surface area contributed by atoms with E-state index in [1.54, 1.807) is 12.4 Å². The molecule has 0 bridgehead atoms. The van der Waals surface area contributed by atoms with Crippen molar-refractivity contribution in [1.29, 1.82) is 0 Å². The number of ether oxygens (including phenoxy) is 1. The summed E-state index contributed by atoms with van der Waals surface area (Å²) >= 11 is 0. The highest BCUT2D eigenvalue weighted by molar-refractivity contribution is 6.76. The topological polar surface area (TPSA) is 57.9 Å². The third-order valence-corrected chi connectivity index (χ3v) is 5.01. The molecule has 1 unspecified atom stereocenters. The molecule has 0 aliphatic rings. The molecule has 2 heterocycles. The van der Waals surface area contributed by atoms with Crippen LogP contribution in [0.5, 0.6) is 0 Å². The SMILES string of the molecule is CC(OCC[Si](C)(C)C)c1c[nH]c(=O)c2[nH]ccc12. The minimum absolute atomic E-state index is 0.00787. The van der Waals surface area contributed by atoms with E-state index in [1.807, 2.05) is 13.0 Å². The Morgan fingerprint density at radius 3 is 2.74 bits per heavy atom. The molecule has 2 aromatic heterocycles. The standard InChI is InChI=1S/C14H22N2O2Si/c1-10(18-7-8-19(2,3)4)12-9-16-14(17)13-11(12)5-6-15-13/h5-6,9-10,15H,7-8H2,1-4H3,(H,16,17). The van der Waals surface area contributed by atoms with Crippen LogP contribution in [0.1, 0.15) is 18.6 Å². The first-order valence-corrected chi connectivity index (χ1v) is 10.4. The smallest absolute Gasteiger partial charge is 0.272 e. The first kappa shape index (κ1) is 14.1. The molecule has 2 aromatic rings. The third kappa shape index (κ3) is 3.36. The summed E-state index contributed by atoms with van der Waals surface area (Å²) in [6.07, 6.45) is 3.54. The van der Waals surface area contributed by atoms with Gasteiger partial charge in [0.15, 0.2) is 0 Å². The Morgan fingerprint density at radius 1 is 1.32 bits per heavy atom. The molecule has 0 radical (unpaired) electrons. The van der Waals surface area contributed by atoms with E-state index in [2.05, 4.69) is 29.6 Å². The fraction of sp³-hybridized carbons (Fsp3) is 0.500. The van der Waals surface area contributed by atoms with Crippen molar-refractivity contribution in [2.75, 3.05) is 6.61 Å². The Hall–Kier alpha value is -1.33. The molecule has 0 saturated carbocycles. The monoisotopic (exact) mass is 278 g/mol. The maximum atomic E-state index is 11.6. The zero-order valence-corrected chi connectivity index (χ0v) is 13.0. The van der Waals surface area contributed by atoms with Gasteiger partial charge in [0, 0.05) is 38.0 Å². The summed E-state index contributed by atoms with van der Waals surface area (Å²) in [4.78, 5) is 17.4. The third-order valence-electron chi connectivity index (χ3n) is 3.30. The molecule has 19 heavy (non-hydrogen) atoms. The summed E-state index contributed by atoms with van der Waals surface area (Å²) in [6, 6.07) is 3.08. The van der Waals surface area contributed by atoms with E-state index in [9.17, 15) is 4.79 Å². The Morgan fingerprint density at radius 2 is 2.05 bits per heavy atom. The van der Waals surface area contributed by atoms with E-state index in [0.29, 0.717) is 5.52 Å². The molecule has 0 aliphatic carbocycles. The second kappa shape index (κ2) is 5.34. The molecule has 0 fully saturated rings. The van der Waals surface area contributed by atoms with Crippen LogP contribution >= 0.6 is 0 Å². The van der Waals surface area contributed by atoms with Crippen molar-refractivity contribution in [2.24, 2.45) is 0 Å². The molecular formula is C14H22N2O2Si. The van der Waals surface area contributed by atoms with Gasteiger partial charge in [-0.25, -0.2) is 0 Å². The highest BCUT2D eigenvalue weighted by Crippen LogP contribution is 2.24. The second-order valence-electron chi connectivity index (χ2n) is 6.16. The van der Waals surface area contributed by atoms with Gasteiger partial charge in [0.1, 0.15) is 5.52 Å². The van der Waals surface area contributed by atoms with E-state index in [1.165, 1.54) is 0 Å². The number of fused-ring (bicyclic) bond motifs is 1. The summed E-state index contributed by atoms with van der Waals surface area (Å²) < 4.78 is 5.92. The van der Waals surface area contributed by atoms with Gasteiger partial charge in [-0.15, -0.1) is 0 Å². The first-order chi connectivity index (χ1) is 8.88. The predicted molar refractivity (Wildman–Crippen MR) is 81.4 cm³/mol. The summed E-state index contributed by atoms with van der Waals surface area (Å²) in [5, 5.41) is 0.948. The lowest BCUT2D eigenvalue weighted by Gasteiger charge is -2.19. The van der Waals surface area contributed by atoms with Crippen molar-refractivity contribution in [3.8, 4) is 0 Å². The van der Waals surface area contributed by atoms with E-state index in [0.717, 1.165) is 23.6 Å². The van der Waals surface area contributed by atoms with Crippen LogP contribution in [-0.4, -0.2) is 24.6 Å². The van der Waals surface area contributed by atoms with Crippen LogP contribution in [0, 0.1) is 0 Å². The molecule has 0 aliphatic heterocycles. The lowest BCUT2D eigenvalue weighted by molar-refractivity contribution is 0.0766. The molecule has 2 rings (SSSR count). The number of aromatic amines is 2. The van der Waals surface area contributed by atoms with Gasteiger partial charge in [0.05, 0.1) is 6.10 Å². The molecule has 0 spiro atoms. The molecular weight excluding hydrogens is 256 g/mol. The lowest BCUT2D eigenvalue weighted by Crippen LogP contribution is -2.22. The molecule has 0 aromatic carbocycles. The fourth-order valence-corrected chi connectivity index (χ4v) is 2.79. The number of nitrogens with one attached hydrogen (secondary N) is 2. The minimum Gasteiger partial charge on any atom is -0.374 e. The van der Waals surface area contributed by atoms with Crippen LogP contribution in [0.2, 0.25) is 25.7 Å². The largest absolute Gasteiger partial charge is 0.374 e. The van der Waals surface area contributed by atoms with Crippen LogP contribution in [0.3, 0.4) is 0 Å². The van der Waals surface area contributed by atoms with Crippen LogP contribution in [0.4, 0.5) is 0 Å². The van der Waals surface area contributed by atoms with Crippen molar-refractivity contribution < 1.29 is 4.74 Å². The minimum atomic E-state index is -1.06. The number of H-pyrrole nitrogens is 2. The number of hydrogen-bond donors (Lipinski definition) is 2. The van der Waals surface area contributed by atoms with E-state index in [4.69, 9.17) is 4.74 Å². The van der Waals surface area contributed by atoms with Crippen molar-refractivity contribution in [1.82, 2.24) is 9.97 Å². The van der Waals surface area contributed by atoms with Crippen molar-refractivity contribution in [3.63, 3.8) is 0 Å². The van der Waals surface area contributed by atoms with E-state index < -0.39 is 8.07 Å². The van der Waals surface area contributed by atoms with Gasteiger partial charge >= 0.3 is 0 Å². The average molecular weight is 278 g/mol. The second-order valence-corrected chi connectivity index (χ2v) is 11.8. The summed E-state index contributed by atoms with van der Waals surface area (Å²) in [6.45, 7) is 9.83. The van der Waals surface area contributed by atoms with Gasteiger partial charge in [-0.05, 0) is 19.0 Å². The number of aromatic nitrogens is 2. The van der Waals surface area contributed by atoms with Crippen LogP contribution in [-0.2, 0) is 4.74 Å². The molecule has 5 heteroatoms. The maximum absolute atomic E-state index is 11.6. The lowest BCUT2D eigenvalue weighted by atomic mass is 10.1. The highest BCUT2D eigenvalue weighted by Gasteiger charge is 2.16. The van der Waals surface area contributed by atoms with Gasteiger partial charge in [-0.3, -0.25) is 4.79 Å². The summed E-state index contributed by atoms with van der Waals surface area (Å²) in [5.41, 5.74) is 1.57. The Balaban J connectivity index is 2.14. The van der Waals surface area contributed by atoms with Gasteiger partial charge in [-0.2, -0.15) is 0 Å². The summed E-state index contributed by atoms with van der Waals surface area (Å²) in [7, 11) is -1.06. The maximum Gasteiger partial charge on any atom is 0.272 e. The van der Waals surface area contributed by atoms with E-state index >= 15 is 0 Å². The number of hydrogen-bond acceptors (Lipinski definition) is 2. The zero-order chi connectivity index (χ0) is 14.0. The van der Waals surface area contributed by atoms with Gasteiger partial charge in [0.2, 0.25) is 0 Å². The highest BCUT2D eigenvalue weighted by atomic mass is 28.3. The van der Waals surface area contributed by atoms with Crippen molar-refractivity contribution in [2.45, 2.75) is 38.7 Å². The Kier molecular flexibility index (Phi) is 3.96. The fourth-order valence-electron chi connectivity index (χ4n) is 2.06. The van der Waals surface area contributed by atoms with E-state index in [-0.39, 0.29) is 11.7 Å². The Bertz CT molecular complexity index is 610. The van der Waals surface area contributed by atoms with Crippen molar-refractivity contribution >= 4 is 19.0 Å². The number of rotatable bonds is 5. The molecule has 4 nitrogen and oxygen atoms in total. The molecule has 0 amide bonds. The predicted octanol–water partition coefficient (Wildman–Crippen LogP) is 3.27.